The van der Waals surface area contributed by atoms with Crippen LogP contribution in [-0.2, 0) is 0 Å². The fourth-order valence-corrected chi connectivity index (χ4v) is 1.62. The summed E-state index contributed by atoms with van der Waals surface area (Å²) in [5.41, 5.74) is 6.36. The summed E-state index contributed by atoms with van der Waals surface area (Å²) in [6, 6.07) is 5.11. The van der Waals surface area contributed by atoms with Crippen molar-refractivity contribution >= 4 is 33.3 Å². The zero-order chi connectivity index (χ0) is 12.3. The van der Waals surface area contributed by atoms with Gasteiger partial charge in [0.1, 0.15) is 5.82 Å². The Morgan fingerprint density at radius 3 is 2.88 bits per heavy atom. The van der Waals surface area contributed by atoms with Crippen LogP contribution in [0.5, 0.6) is 0 Å². The Labute approximate surface area is 106 Å². The van der Waals surface area contributed by atoms with Gasteiger partial charge in [0.15, 0.2) is 0 Å². The molecule has 2 heterocycles. The average molecular weight is 293 g/mol. The van der Waals surface area contributed by atoms with Crippen LogP contribution in [0.2, 0.25) is 0 Å². The second-order valence-corrected chi connectivity index (χ2v) is 4.11. The third-order valence-corrected chi connectivity index (χ3v) is 2.73. The molecule has 2 rings (SSSR count). The van der Waals surface area contributed by atoms with Crippen LogP contribution in [0.25, 0.3) is 0 Å². The van der Waals surface area contributed by atoms with E-state index < -0.39 is 0 Å². The lowest BCUT2D eigenvalue weighted by molar-refractivity contribution is 0.102. The molecule has 0 aliphatic rings. The molecule has 0 saturated carbocycles. The van der Waals surface area contributed by atoms with Crippen LogP contribution in [-0.4, -0.2) is 15.9 Å². The molecule has 1 amide bonds. The van der Waals surface area contributed by atoms with E-state index in [2.05, 4.69) is 31.2 Å². The Morgan fingerprint density at radius 2 is 2.18 bits per heavy atom. The van der Waals surface area contributed by atoms with Crippen molar-refractivity contribution in [2.24, 2.45) is 0 Å². The first-order valence-electron chi connectivity index (χ1n) is 4.80. The zero-order valence-corrected chi connectivity index (χ0v) is 10.3. The third-order valence-electron chi connectivity index (χ3n) is 2.09. The van der Waals surface area contributed by atoms with Gasteiger partial charge in [0.2, 0.25) is 0 Å². The summed E-state index contributed by atoms with van der Waals surface area (Å²) < 4.78 is 0.709. The number of carbonyl (C=O) groups is 1. The Balaban J connectivity index is 2.24. The van der Waals surface area contributed by atoms with Crippen molar-refractivity contribution in [3.63, 3.8) is 0 Å². The van der Waals surface area contributed by atoms with Crippen LogP contribution in [0, 0.1) is 0 Å². The van der Waals surface area contributed by atoms with Gasteiger partial charge in [-0.25, -0.2) is 4.98 Å². The number of rotatable bonds is 2. The highest BCUT2D eigenvalue weighted by Crippen LogP contribution is 2.19. The van der Waals surface area contributed by atoms with Crippen LogP contribution in [0.4, 0.5) is 11.5 Å². The molecule has 86 valence electrons. The molecule has 17 heavy (non-hydrogen) atoms. The van der Waals surface area contributed by atoms with Crippen LogP contribution >= 0.6 is 15.9 Å². The quantitative estimate of drug-likeness (QED) is 0.888. The summed E-state index contributed by atoms with van der Waals surface area (Å²) in [5.74, 6) is 0.137. The average Bonchev–Trinajstić information content (AvgIpc) is 2.32. The molecule has 5 nitrogen and oxygen atoms in total. The number of nitrogens with zero attached hydrogens (tertiary/aromatic N) is 2. The maximum Gasteiger partial charge on any atom is 0.259 e. The Hall–Kier alpha value is -1.95. The van der Waals surface area contributed by atoms with Gasteiger partial charge in [-0.15, -0.1) is 0 Å². The number of nitrogen functional groups attached to an aromatic ring is 1. The normalized spacial score (nSPS) is 9.94. The van der Waals surface area contributed by atoms with Crippen LogP contribution < -0.4 is 11.1 Å². The van der Waals surface area contributed by atoms with Gasteiger partial charge < -0.3 is 11.1 Å². The topological polar surface area (TPSA) is 80.9 Å². The highest BCUT2D eigenvalue weighted by Gasteiger charge is 2.11. The minimum atomic E-state index is -0.315. The molecule has 0 atom stereocenters. The Bertz CT molecular complexity index is 559. The van der Waals surface area contributed by atoms with E-state index in [1.54, 1.807) is 24.4 Å². The second kappa shape index (κ2) is 4.92. The van der Waals surface area contributed by atoms with Crippen molar-refractivity contribution in [1.29, 1.82) is 0 Å². The number of amides is 1. The fourth-order valence-electron chi connectivity index (χ4n) is 1.27. The summed E-state index contributed by atoms with van der Waals surface area (Å²) in [7, 11) is 0. The van der Waals surface area contributed by atoms with Gasteiger partial charge in [-0.1, -0.05) is 0 Å². The number of hydrogen-bond donors (Lipinski definition) is 2. The van der Waals surface area contributed by atoms with Gasteiger partial charge >= 0.3 is 0 Å². The van der Waals surface area contributed by atoms with Crippen LogP contribution in [0.1, 0.15) is 10.4 Å². The summed E-state index contributed by atoms with van der Waals surface area (Å²) >= 11 is 3.30. The highest BCUT2D eigenvalue weighted by atomic mass is 79.9. The van der Waals surface area contributed by atoms with Crippen molar-refractivity contribution in [2.75, 3.05) is 11.1 Å². The van der Waals surface area contributed by atoms with E-state index in [0.717, 1.165) is 0 Å². The number of carbonyl (C=O) groups excluding carboxylic acids is 1. The molecule has 0 fully saturated rings. The van der Waals surface area contributed by atoms with E-state index >= 15 is 0 Å². The molecule has 0 aliphatic carbocycles. The molecule has 0 saturated heterocycles. The van der Waals surface area contributed by atoms with Gasteiger partial charge in [-0.05, 0) is 34.1 Å². The molecule has 6 heteroatoms. The van der Waals surface area contributed by atoms with Gasteiger partial charge in [0.05, 0.1) is 21.9 Å². The third kappa shape index (κ3) is 2.59. The molecule has 0 bridgehead atoms. The Kier molecular flexibility index (Phi) is 3.34. The number of hydrogen-bond acceptors (Lipinski definition) is 4. The molecular weight excluding hydrogens is 284 g/mol. The Morgan fingerprint density at radius 1 is 1.35 bits per heavy atom. The first-order chi connectivity index (χ1) is 8.18. The number of halogens is 1. The van der Waals surface area contributed by atoms with Crippen molar-refractivity contribution in [3.8, 4) is 0 Å². The fraction of sp³-hybridized carbons (Fsp3) is 0. The summed E-state index contributed by atoms with van der Waals surface area (Å²) in [5, 5.41) is 2.66. The molecule has 2 aromatic heterocycles. The summed E-state index contributed by atoms with van der Waals surface area (Å²) in [6.07, 6.45) is 4.54. The SMILES string of the molecule is Nc1cnccc1C(=O)Nc1ncccc1Br. The van der Waals surface area contributed by atoms with Crippen molar-refractivity contribution in [2.45, 2.75) is 0 Å². The van der Waals surface area contributed by atoms with Gasteiger partial charge in [-0.2, -0.15) is 0 Å². The monoisotopic (exact) mass is 292 g/mol. The lowest BCUT2D eigenvalue weighted by Crippen LogP contribution is -2.15. The highest BCUT2D eigenvalue weighted by molar-refractivity contribution is 9.10. The number of anilines is 2. The number of pyridine rings is 2. The molecule has 0 radical (unpaired) electrons. The standard InChI is InChI=1S/C11H9BrN4O/c12-8-2-1-4-15-10(8)16-11(17)7-3-5-14-6-9(7)13/h1-6H,13H2,(H,15,16,17). The van der Waals surface area contributed by atoms with Crippen molar-refractivity contribution < 1.29 is 4.79 Å². The smallest absolute Gasteiger partial charge is 0.259 e. The van der Waals surface area contributed by atoms with Crippen LogP contribution in [0.15, 0.2) is 41.3 Å². The van der Waals surface area contributed by atoms with Gasteiger partial charge in [0, 0.05) is 12.4 Å². The molecular formula is C11H9BrN4O. The van der Waals surface area contributed by atoms with Crippen molar-refractivity contribution in [1.82, 2.24) is 9.97 Å². The first-order valence-corrected chi connectivity index (χ1v) is 5.59. The van der Waals surface area contributed by atoms with Gasteiger partial charge in [0.25, 0.3) is 5.91 Å². The molecule has 0 unspecified atom stereocenters. The van der Waals surface area contributed by atoms with Gasteiger partial charge in [-0.3, -0.25) is 9.78 Å². The van der Waals surface area contributed by atoms with E-state index in [0.29, 0.717) is 21.5 Å². The molecule has 0 spiro atoms. The maximum absolute atomic E-state index is 11.9. The maximum atomic E-state index is 11.9. The first kappa shape index (κ1) is 11.5. The van der Waals surface area contributed by atoms with E-state index in [1.807, 2.05) is 0 Å². The minimum Gasteiger partial charge on any atom is -0.397 e. The molecule has 2 aromatic rings. The van der Waals surface area contributed by atoms with E-state index in [4.69, 9.17) is 5.73 Å². The van der Waals surface area contributed by atoms with E-state index in [-0.39, 0.29) is 5.91 Å². The summed E-state index contributed by atoms with van der Waals surface area (Å²) in [6.45, 7) is 0. The lowest BCUT2D eigenvalue weighted by atomic mass is 10.2. The minimum absolute atomic E-state index is 0.315. The second-order valence-electron chi connectivity index (χ2n) is 3.25. The van der Waals surface area contributed by atoms with Crippen molar-refractivity contribution in [3.05, 3.63) is 46.8 Å². The van der Waals surface area contributed by atoms with E-state index in [1.165, 1.54) is 12.4 Å². The number of aromatic nitrogens is 2. The van der Waals surface area contributed by atoms with E-state index in [9.17, 15) is 4.79 Å². The largest absolute Gasteiger partial charge is 0.397 e. The summed E-state index contributed by atoms with van der Waals surface area (Å²) in [4.78, 5) is 19.8. The van der Waals surface area contributed by atoms with Crippen LogP contribution in [0.3, 0.4) is 0 Å². The zero-order valence-electron chi connectivity index (χ0n) is 8.72. The molecule has 3 N–H and O–H groups in total. The lowest BCUT2D eigenvalue weighted by Gasteiger charge is -2.07. The molecule has 0 aromatic carbocycles. The number of nitrogens with two attached hydrogens (primary N) is 1. The predicted octanol–water partition coefficient (Wildman–Crippen LogP) is 2.07. The predicted molar refractivity (Wildman–Crippen MR) is 68.5 cm³/mol. The number of nitrogens with one attached hydrogen (secondary N) is 1. The molecule has 0 aliphatic heterocycles.